The standard InChI is InChI=1S/C37H21BN2/c1-3-14-28-21(8-1)20-22-9-5-17-32-34(22)38(28)29-15-7-12-25-26-18-19-31-33(37(26)40(32)36(25)29)27-13-6-11-24-23-10-2-4-16-30(23)39(31)35(24)27/h1-19H,20H2. The summed E-state index contributed by atoms with van der Waals surface area (Å²) in [6, 6.07) is 43.5. The van der Waals surface area contributed by atoms with Crippen molar-refractivity contribution in [1.29, 1.82) is 0 Å². The summed E-state index contributed by atoms with van der Waals surface area (Å²) in [7, 11) is 0. The summed E-state index contributed by atoms with van der Waals surface area (Å²) in [6.45, 7) is 0.269. The van der Waals surface area contributed by atoms with Crippen molar-refractivity contribution in [2.75, 3.05) is 0 Å². The molecule has 3 aromatic heterocycles. The summed E-state index contributed by atoms with van der Waals surface area (Å²) in [5, 5.41) is 8.05. The highest BCUT2D eigenvalue weighted by atomic mass is 15.0. The van der Waals surface area contributed by atoms with Crippen LogP contribution >= 0.6 is 0 Å². The highest BCUT2D eigenvalue weighted by Gasteiger charge is 2.38. The number of rotatable bonds is 0. The lowest BCUT2D eigenvalue weighted by atomic mass is 9.32. The van der Waals surface area contributed by atoms with Crippen molar-refractivity contribution < 1.29 is 0 Å². The largest absolute Gasteiger partial charge is 0.310 e. The van der Waals surface area contributed by atoms with Gasteiger partial charge in [-0.05, 0) is 46.7 Å². The molecule has 0 unspecified atom stereocenters. The van der Waals surface area contributed by atoms with Gasteiger partial charge in [0.25, 0.3) is 0 Å². The van der Waals surface area contributed by atoms with Crippen molar-refractivity contribution >= 4 is 83.0 Å². The average Bonchev–Trinajstić information content (AvgIpc) is 3.65. The Morgan fingerprint density at radius 2 is 1.18 bits per heavy atom. The van der Waals surface area contributed by atoms with E-state index in [9.17, 15) is 0 Å². The van der Waals surface area contributed by atoms with E-state index in [1.54, 1.807) is 0 Å². The van der Waals surface area contributed by atoms with Gasteiger partial charge < -0.3 is 8.97 Å². The third kappa shape index (κ3) is 2.06. The summed E-state index contributed by atoms with van der Waals surface area (Å²) < 4.78 is 5.12. The molecule has 0 aliphatic carbocycles. The molecule has 2 nitrogen and oxygen atoms in total. The molecule has 0 amide bonds. The number of nitrogens with zero attached hydrogens (tertiary/aromatic N) is 2. The Bertz CT molecular complexity index is 2580. The van der Waals surface area contributed by atoms with Crippen molar-refractivity contribution in [2.24, 2.45) is 0 Å². The molecule has 0 saturated heterocycles. The smallest absolute Gasteiger partial charge is 0.247 e. The first-order chi connectivity index (χ1) is 19.9. The van der Waals surface area contributed by atoms with E-state index in [1.165, 1.54) is 93.1 Å². The Morgan fingerprint density at radius 3 is 2.15 bits per heavy atom. The fourth-order valence-electron chi connectivity index (χ4n) is 8.51. The van der Waals surface area contributed by atoms with Gasteiger partial charge in [0.2, 0.25) is 6.71 Å². The van der Waals surface area contributed by atoms with Crippen LogP contribution in [-0.2, 0) is 6.42 Å². The van der Waals surface area contributed by atoms with Crippen LogP contribution in [0.2, 0.25) is 0 Å². The zero-order valence-electron chi connectivity index (χ0n) is 21.6. The molecular weight excluding hydrogens is 483 g/mol. The van der Waals surface area contributed by atoms with Gasteiger partial charge in [-0.25, -0.2) is 0 Å². The van der Waals surface area contributed by atoms with Gasteiger partial charge in [-0.2, -0.15) is 0 Å². The first-order valence-corrected chi connectivity index (χ1v) is 14.2. The normalized spacial score (nSPS) is 13.8. The van der Waals surface area contributed by atoms with E-state index in [0.717, 1.165) is 6.42 Å². The zero-order chi connectivity index (χ0) is 25.7. The van der Waals surface area contributed by atoms with E-state index in [0.29, 0.717) is 0 Å². The summed E-state index contributed by atoms with van der Waals surface area (Å²) in [4.78, 5) is 0. The molecule has 6 aromatic carbocycles. The molecule has 40 heavy (non-hydrogen) atoms. The van der Waals surface area contributed by atoms with Crippen LogP contribution in [0.5, 0.6) is 0 Å². The Morgan fingerprint density at radius 1 is 0.475 bits per heavy atom. The summed E-state index contributed by atoms with van der Waals surface area (Å²) >= 11 is 0. The quantitative estimate of drug-likeness (QED) is 0.204. The minimum Gasteiger partial charge on any atom is -0.310 e. The van der Waals surface area contributed by atoms with Gasteiger partial charge in [-0.1, -0.05) is 103 Å². The molecule has 182 valence electrons. The molecule has 2 aliphatic heterocycles. The predicted octanol–water partition coefficient (Wildman–Crippen LogP) is 6.67. The maximum Gasteiger partial charge on any atom is 0.247 e. The number of hydrogen-bond donors (Lipinski definition) is 0. The zero-order valence-corrected chi connectivity index (χ0v) is 21.6. The Hall–Kier alpha value is -5.02. The molecule has 0 saturated carbocycles. The first-order valence-electron chi connectivity index (χ1n) is 14.2. The van der Waals surface area contributed by atoms with Crippen LogP contribution in [0, 0.1) is 0 Å². The lowest BCUT2D eigenvalue weighted by molar-refractivity contribution is 1.15. The number of hydrogen-bond acceptors (Lipinski definition) is 0. The molecule has 0 radical (unpaired) electrons. The molecule has 11 rings (SSSR count). The van der Waals surface area contributed by atoms with Gasteiger partial charge in [0.1, 0.15) is 0 Å². The molecule has 5 heterocycles. The molecule has 0 bridgehead atoms. The predicted molar refractivity (Wildman–Crippen MR) is 169 cm³/mol. The van der Waals surface area contributed by atoms with Gasteiger partial charge in [0.15, 0.2) is 0 Å². The first kappa shape index (κ1) is 20.0. The topological polar surface area (TPSA) is 9.34 Å². The highest BCUT2D eigenvalue weighted by molar-refractivity contribution is 6.98. The molecule has 2 aliphatic rings. The van der Waals surface area contributed by atoms with Gasteiger partial charge in [-0.15, -0.1) is 0 Å². The van der Waals surface area contributed by atoms with Gasteiger partial charge in [0.05, 0.1) is 22.1 Å². The molecule has 3 heteroatoms. The van der Waals surface area contributed by atoms with Crippen LogP contribution in [-0.4, -0.2) is 15.7 Å². The summed E-state index contributed by atoms with van der Waals surface area (Å²) in [6.07, 6.45) is 0.995. The van der Waals surface area contributed by atoms with E-state index >= 15 is 0 Å². The van der Waals surface area contributed by atoms with Crippen LogP contribution in [0.4, 0.5) is 0 Å². The van der Waals surface area contributed by atoms with Crippen molar-refractivity contribution in [3.8, 4) is 5.69 Å². The fraction of sp³-hybridized carbons (Fsp3) is 0.0270. The van der Waals surface area contributed by atoms with Crippen LogP contribution in [0.25, 0.3) is 65.6 Å². The Balaban J connectivity index is 1.42. The molecule has 9 aromatic rings. The monoisotopic (exact) mass is 504 g/mol. The summed E-state index contributed by atoms with van der Waals surface area (Å²) in [5.74, 6) is 0. The van der Waals surface area contributed by atoms with E-state index in [4.69, 9.17) is 0 Å². The van der Waals surface area contributed by atoms with Crippen molar-refractivity contribution in [3.05, 3.63) is 126 Å². The lowest BCUT2D eigenvalue weighted by Gasteiger charge is -2.33. The van der Waals surface area contributed by atoms with E-state index in [1.807, 2.05) is 0 Å². The van der Waals surface area contributed by atoms with Crippen LogP contribution in [0.15, 0.2) is 115 Å². The SMILES string of the molecule is c1ccc2c(c1)Cc1cccc3c1B2c1cccc2c4ccc5c(c6cccc7c8ccccc8n5c76)c4n-3c12. The van der Waals surface area contributed by atoms with Gasteiger partial charge in [-0.3, -0.25) is 0 Å². The Labute approximate surface area is 230 Å². The second-order valence-corrected chi connectivity index (χ2v) is 11.6. The second kappa shape index (κ2) is 6.58. The molecule has 0 N–H and O–H groups in total. The van der Waals surface area contributed by atoms with Crippen LogP contribution in [0.3, 0.4) is 0 Å². The van der Waals surface area contributed by atoms with E-state index in [-0.39, 0.29) is 6.71 Å². The minimum absolute atomic E-state index is 0.269. The van der Waals surface area contributed by atoms with Gasteiger partial charge >= 0.3 is 0 Å². The van der Waals surface area contributed by atoms with Gasteiger partial charge in [0, 0.05) is 43.5 Å². The van der Waals surface area contributed by atoms with E-state index < -0.39 is 0 Å². The molecule has 0 atom stereocenters. The second-order valence-electron chi connectivity index (χ2n) is 11.6. The molecule has 0 spiro atoms. The molecular formula is C37H21BN2. The third-order valence-corrected chi connectivity index (χ3v) is 9.93. The lowest BCUT2D eigenvalue weighted by Crippen LogP contribution is -2.60. The van der Waals surface area contributed by atoms with Crippen molar-refractivity contribution in [3.63, 3.8) is 0 Å². The number of para-hydroxylation sites is 3. The fourth-order valence-corrected chi connectivity index (χ4v) is 8.51. The highest BCUT2D eigenvalue weighted by Crippen LogP contribution is 2.45. The number of benzene rings is 6. The maximum atomic E-state index is 2.62. The van der Waals surface area contributed by atoms with Crippen molar-refractivity contribution in [1.82, 2.24) is 8.97 Å². The van der Waals surface area contributed by atoms with E-state index in [2.05, 4.69) is 124 Å². The average molecular weight is 504 g/mol. The molecule has 0 fully saturated rings. The summed E-state index contributed by atoms with van der Waals surface area (Å²) in [5.41, 5.74) is 15.2. The van der Waals surface area contributed by atoms with Crippen molar-refractivity contribution in [2.45, 2.75) is 6.42 Å². The van der Waals surface area contributed by atoms with Crippen LogP contribution in [0.1, 0.15) is 11.1 Å². The van der Waals surface area contributed by atoms with Crippen LogP contribution < -0.4 is 16.4 Å². The third-order valence-electron chi connectivity index (χ3n) is 9.93. The number of aromatic nitrogens is 2. The Kier molecular flexibility index (Phi) is 3.28. The minimum atomic E-state index is 0.269. The number of fused-ring (bicyclic) bond motifs is 14. The maximum absolute atomic E-state index is 2.62.